The Morgan fingerprint density at radius 3 is 2.94 bits per heavy atom. The molecule has 0 radical (unpaired) electrons. The second-order valence-corrected chi connectivity index (χ2v) is 4.89. The van der Waals surface area contributed by atoms with Crippen LogP contribution >= 0.6 is 0 Å². The number of hydrogen-bond acceptors (Lipinski definition) is 4. The molecule has 1 saturated carbocycles. The van der Waals surface area contributed by atoms with E-state index in [1.807, 2.05) is 18.2 Å². The maximum Gasteiger partial charge on any atom is 0.144 e. The summed E-state index contributed by atoms with van der Waals surface area (Å²) in [6.07, 6.45) is 3.00. The normalized spacial score (nSPS) is 16.3. The number of aliphatic hydroxyl groups excluding tert-OH is 1. The Labute approximate surface area is 108 Å². The summed E-state index contributed by atoms with van der Waals surface area (Å²) >= 11 is 0. The largest absolute Gasteiger partial charge is 0.491 e. The van der Waals surface area contributed by atoms with Gasteiger partial charge in [-0.15, -0.1) is 0 Å². The second-order valence-electron chi connectivity index (χ2n) is 4.89. The number of nitrogens with one attached hydrogen (secondary N) is 1. The van der Waals surface area contributed by atoms with Crippen LogP contribution in [0.2, 0.25) is 0 Å². The fourth-order valence-electron chi connectivity index (χ4n) is 1.85. The molecule has 18 heavy (non-hydrogen) atoms. The third-order valence-corrected chi connectivity index (χ3v) is 3.16. The molecule has 2 rings (SSSR count). The Kier molecular flexibility index (Phi) is 4.31. The minimum Gasteiger partial charge on any atom is -0.491 e. The molecular formula is C14H22N2O2. The van der Waals surface area contributed by atoms with Crippen molar-refractivity contribution in [2.45, 2.75) is 32.3 Å². The van der Waals surface area contributed by atoms with Crippen molar-refractivity contribution in [3.8, 4) is 5.75 Å². The molecule has 1 aromatic carbocycles. The molecule has 4 heteroatoms. The number of ether oxygens (including phenoxy) is 1. The predicted molar refractivity (Wildman–Crippen MR) is 73.9 cm³/mol. The standard InChI is InChI=1S/C14H22N2O2/c1-2-7-18-14-8-11(5-6-12(14)15)16-9-13(17)10-3-4-10/h5-6,8,10,13,16-17H,2-4,7,9,15H2,1H3. The molecule has 4 N–H and O–H groups in total. The molecule has 1 fully saturated rings. The highest BCUT2D eigenvalue weighted by Gasteiger charge is 2.29. The highest BCUT2D eigenvalue weighted by atomic mass is 16.5. The molecule has 4 nitrogen and oxygen atoms in total. The second kappa shape index (κ2) is 5.96. The Morgan fingerprint density at radius 2 is 2.28 bits per heavy atom. The zero-order valence-corrected chi connectivity index (χ0v) is 10.9. The SMILES string of the molecule is CCCOc1cc(NCC(O)C2CC2)ccc1N. The number of aliphatic hydroxyl groups is 1. The first-order valence-corrected chi connectivity index (χ1v) is 6.65. The lowest BCUT2D eigenvalue weighted by Gasteiger charge is -2.14. The van der Waals surface area contributed by atoms with Gasteiger partial charge in [0.25, 0.3) is 0 Å². The van der Waals surface area contributed by atoms with Gasteiger partial charge in [0, 0.05) is 18.3 Å². The van der Waals surface area contributed by atoms with Gasteiger partial charge in [0.15, 0.2) is 0 Å². The van der Waals surface area contributed by atoms with Crippen LogP contribution in [-0.2, 0) is 0 Å². The Balaban J connectivity index is 1.90. The van der Waals surface area contributed by atoms with Crippen molar-refractivity contribution in [3.63, 3.8) is 0 Å². The summed E-state index contributed by atoms with van der Waals surface area (Å²) in [7, 11) is 0. The van der Waals surface area contributed by atoms with Crippen LogP contribution in [-0.4, -0.2) is 24.4 Å². The highest BCUT2D eigenvalue weighted by molar-refractivity contribution is 5.61. The lowest BCUT2D eigenvalue weighted by molar-refractivity contribution is 0.164. The number of hydrogen-bond donors (Lipinski definition) is 3. The molecule has 0 spiro atoms. The summed E-state index contributed by atoms with van der Waals surface area (Å²) in [4.78, 5) is 0. The number of benzene rings is 1. The van der Waals surface area contributed by atoms with Gasteiger partial charge in [-0.05, 0) is 37.3 Å². The smallest absolute Gasteiger partial charge is 0.144 e. The quantitative estimate of drug-likeness (QED) is 0.649. The highest BCUT2D eigenvalue weighted by Crippen LogP contribution is 2.33. The van der Waals surface area contributed by atoms with Crippen molar-refractivity contribution in [1.82, 2.24) is 0 Å². The molecule has 1 aromatic rings. The Bertz CT molecular complexity index is 391. The van der Waals surface area contributed by atoms with Crippen molar-refractivity contribution >= 4 is 11.4 Å². The maximum absolute atomic E-state index is 9.80. The number of rotatable bonds is 7. The van der Waals surface area contributed by atoms with Gasteiger partial charge in [-0.1, -0.05) is 6.92 Å². The molecule has 0 amide bonds. The van der Waals surface area contributed by atoms with Gasteiger partial charge in [-0.25, -0.2) is 0 Å². The minimum absolute atomic E-state index is 0.248. The van der Waals surface area contributed by atoms with Crippen molar-refractivity contribution in [1.29, 1.82) is 0 Å². The first-order valence-electron chi connectivity index (χ1n) is 6.65. The molecular weight excluding hydrogens is 228 g/mol. The van der Waals surface area contributed by atoms with E-state index in [4.69, 9.17) is 10.5 Å². The summed E-state index contributed by atoms with van der Waals surface area (Å²) in [6, 6.07) is 5.63. The predicted octanol–water partition coefficient (Wildman–Crippen LogP) is 2.24. The van der Waals surface area contributed by atoms with Gasteiger partial charge in [0.1, 0.15) is 5.75 Å². The molecule has 0 aliphatic heterocycles. The zero-order chi connectivity index (χ0) is 13.0. The van der Waals surface area contributed by atoms with Crippen LogP contribution in [0.1, 0.15) is 26.2 Å². The van der Waals surface area contributed by atoms with Crippen LogP contribution in [0.15, 0.2) is 18.2 Å². The van der Waals surface area contributed by atoms with Gasteiger partial charge in [-0.2, -0.15) is 0 Å². The van der Waals surface area contributed by atoms with Crippen LogP contribution < -0.4 is 15.8 Å². The third-order valence-electron chi connectivity index (χ3n) is 3.16. The lowest BCUT2D eigenvalue weighted by atomic mass is 10.2. The first kappa shape index (κ1) is 13.0. The van der Waals surface area contributed by atoms with E-state index in [-0.39, 0.29) is 6.10 Å². The molecule has 0 aromatic heterocycles. The molecule has 1 aliphatic carbocycles. The molecule has 1 aliphatic rings. The van der Waals surface area contributed by atoms with Crippen molar-refractivity contribution < 1.29 is 9.84 Å². The van der Waals surface area contributed by atoms with E-state index >= 15 is 0 Å². The van der Waals surface area contributed by atoms with E-state index in [2.05, 4.69) is 12.2 Å². The average Bonchev–Trinajstić information content (AvgIpc) is 3.20. The molecule has 100 valence electrons. The molecule has 1 atom stereocenters. The molecule has 0 saturated heterocycles. The van der Waals surface area contributed by atoms with Crippen LogP contribution in [0.3, 0.4) is 0 Å². The van der Waals surface area contributed by atoms with Gasteiger partial charge < -0.3 is 20.9 Å². The minimum atomic E-state index is -0.248. The van der Waals surface area contributed by atoms with Crippen molar-refractivity contribution in [3.05, 3.63) is 18.2 Å². The summed E-state index contributed by atoms with van der Waals surface area (Å²) < 4.78 is 5.57. The fourth-order valence-corrected chi connectivity index (χ4v) is 1.85. The molecule has 1 unspecified atom stereocenters. The topological polar surface area (TPSA) is 67.5 Å². The van der Waals surface area contributed by atoms with Crippen LogP contribution in [0, 0.1) is 5.92 Å². The molecule has 0 bridgehead atoms. The van der Waals surface area contributed by atoms with E-state index in [1.165, 1.54) is 0 Å². The zero-order valence-electron chi connectivity index (χ0n) is 10.9. The van der Waals surface area contributed by atoms with E-state index in [0.717, 1.165) is 24.9 Å². The number of nitrogen functional groups attached to an aromatic ring is 1. The number of nitrogens with two attached hydrogens (primary N) is 1. The monoisotopic (exact) mass is 250 g/mol. The average molecular weight is 250 g/mol. The summed E-state index contributed by atoms with van der Waals surface area (Å²) in [6.45, 7) is 3.31. The third kappa shape index (κ3) is 3.53. The molecule has 0 heterocycles. The van der Waals surface area contributed by atoms with E-state index < -0.39 is 0 Å². The van der Waals surface area contributed by atoms with Crippen molar-refractivity contribution in [2.75, 3.05) is 24.2 Å². The Hall–Kier alpha value is -1.42. The van der Waals surface area contributed by atoms with Crippen LogP contribution in [0.25, 0.3) is 0 Å². The van der Waals surface area contributed by atoms with E-state index in [9.17, 15) is 5.11 Å². The van der Waals surface area contributed by atoms with E-state index in [0.29, 0.717) is 30.5 Å². The Morgan fingerprint density at radius 1 is 1.50 bits per heavy atom. The summed E-state index contributed by atoms with van der Waals surface area (Å²) in [5.74, 6) is 1.20. The fraction of sp³-hybridized carbons (Fsp3) is 0.571. The van der Waals surface area contributed by atoms with Crippen molar-refractivity contribution in [2.24, 2.45) is 5.92 Å². The first-order chi connectivity index (χ1) is 8.70. The number of anilines is 2. The lowest BCUT2D eigenvalue weighted by Crippen LogP contribution is -2.21. The summed E-state index contributed by atoms with van der Waals surface area (Å²) in [5.41, 5.74) is 7.43. The summed E-state index contributed by atoms with van der Waals surface area (Å²) in [5, 5.41) is 13.0. The van der Waals surface area contributed by atoms with E-state index in [1.54, 1.807) is 0 Å². The van der Waals surface area contributed by atoms with Gasteiger partial charge in [0.05, 0.1) is 18.4 Å². The maximum atomic E-state index is 9.80. The van der Waals surface area contributed by atoms with Crippen LogP contribution in [0.4, 0.5) is 11.4 Å². The van der Waals surface area contributed by atoms with Gasteiger partial charge in [-0.3, -0.25) is 0 Å². The van der Waals surface area contributed by atoms with Crippen LogP contribution in [0.5, 0.6) is 5.75 Å². The van der Waals surface area contributed by atoms with Gasteiger partial charge in [0.2, 0.25) is 0 Å². The van der Waals surface area contributed by atoms with Gasteiger partial charge >= 0.3 is 0 Å².